The summed E-state index contributed by atoms with van der Waals surface area (Å²) in [6.07, 6.45) is 2.37. The average molecular weight is 328 g/mol. The second-order valence-corrected chi connectivity index (χ2v) is 6.75. The van der Waals surface area contributed by atoms with Gasteiger partial charge in [-0.3, -0.25) is 14.9 Å². The minimum atomic E-state index is -4.15. The van der Waals surface area contributed by atoms with Gasteiger partial charge in [0, 0.05) is 18.9 Å². The van der Waals surface area contributed by atoms with Crippen molar-refractivity contribution in [3.63, 3.8) is 0 Å². The van der Waals surface area contributed by atoms with E-state index in [2.05, 4.69) is 0 Å². The summed E-state index contributed by atoms with van der Waals surface area (Å²) in [7, 11) is -4.15. The highest BCUT2D eigenvalue weighted by Gasteiger charge is 2.27. The van der Waals surface area contributed by atoms with Crippen LogP contribution in [0.25, 0.3) is 0 Å². The Morgan fingerprint density at radius 3 is 2.73 bits per heavy atom. The first kappa shape index (κ1) is 16.4. The lowest BCUT2D eigenvalue weighted by Gasteiger charge is -2.21. The number of benzene rings is 1. The summed E-state index contributed by atoms with van der Waals surface area (Å²) in [4.78, 5) is 21.3. The Balaban J connectivity index is 2.28. The molecule has 1 aliphatic carbocycles. The van der Waals surface area contributed by atoms with Gasteiger partial charge in [0.15, 0.2) is 0 Å². The fraction of sp³-hybridized carbons (Fsp3) is 0.462. The van der Waals surface area contributed by atoms with Crippen LogP contribution < -0.4 is 9.88 Å². The first-order chi connectivity index (χ1) is 10.3. The molecule has 0 spiro atoms. The quantitative estimate of drug-likeness (QED) is 0.642. The molecule has 1 aromatic carbocycles. The van der Waals surface area contributed by atoms with E-state index in [-0.39, 0.29) is 24.1 Å². The van der Waals surface area contributed by atoms with E-state index in [1.54, 1.807) is 0 Å². The normalized spacial score (nSPS) is 19.0. The number of ketones is 1. The molecule has 0 amide bonds. The minimum absolute atomic E-state index is 0.0408. The number of carbonyl (C=O) groups excluding carboxylic acids is 1. The largest absolute Gasteiger partial charge is 0.486 e. The highest BCUT2D eigenvalue weighted by atomic mass is 32.2. The van der Waals surface area contributed by atoms with Gasteiger partial charge in [-0.05, 0) is 24.8 Å². The molecule has 0 bridgehead atoms. The number of nitrogens with two attached hydrogens (primary N) is 1. The van der Waals surface area contributed by atoms with E-state index in [9.17, 15) is 23.3 Å². The number of Topliss-reactive ketones (excluding diaryl/α,β-unsaturated/α-hetero) is 1. The molecule has 0 aliphatic heterocycles. The van der Waals surface area contributed by atoms with Crippen LogP contribution in [-0.2, 0) is 14.8 Å². The van der Waals surface area contributed by atoms with Crippen molar-refractivity contribution in [1.29, 1.82) is 0 Å². The fourth-order valence-electron chi connectivity index (χ4n) is 2.47. The van der Waals surface area contributed by atoms with E-state index in [1.807, 2.05) is 0 Å². The smallest absolute Gasteiger partial charge is 0.312 e. The SMILES string of the molecule is NS(=O)(=O)c1cccc([N+](=O)[O-])c1OCC1CCCC(=O)C1. The molecule has 9 heteroatoms. The summed E-state index contributed by atoms with van der Waals surface area (Å²) in [5.41, 5.74) is -0.464. The van der Waals surface area contributed by atoms with Crippen molar-refractivity contribution in [2.45, 2.75) is 30.6 Å². The predicted octanol–water partition coefficient (Wildman–Crippen LogP) is 1.38. The maximum atomic E-state index is 11.6. The molecule has 1 atom stereocenters. The highest BCUT2D eigenvalue weighted by molar-refractivity contribution is 7.89. The van der Waals surface area contributed by atoms with Crippen LogP contribution in [0, 0.1) is 16.0 Å². The molecule has 22 heavy (non-hydrogen) atoms. The Bertz CT molecular complexity index is 700. The molecule has 2 rings (SSSR count). The molecule has 1 aromatic rings. The molecule has 1 saturated carbocycles. The molecular weight excluding hydrogens is 312 g/mol. The number of nitro groups is 1. The minimum Gasteiger partial charge on any atom is -0.486 e. The van der Waals surface area contributed by atoms with Crippen molar-refractivity contribution in [2.24, 2.45) is 11.1 Å². The summed E-state index contributed by atoms with van der Waals surface area (Å²) < 4.78 is 28.5. The molecule has 0 saturated heterocycles. The second-order valence-electron chi connectivity index (χ2n) is 5.22. The van der Waals surface area contributed by atoms with Crippen LogP contribution in [0.5, 0.6) is 5.75 Å². The maximum Gasteiger partial charge on any atom is 0.312 e. The van der Waals surface area contributed by atoms with Gasteiger partial charge in [0.05, 0.1) is 11.5 Å². The summed E-state index contributed by atoms with van der Waals surface area (Å²) in [6.45, 7) is 0.0408. The van der Waals surface area contributed by atoms with Crippen LogP contribution >= 0.6 is 0 Å². The molecule has 0 heterocycles. The number of sulfonamides is 1. The van der Waals surface area contributed by atoms with Gasteiger partial charge in [0.2, 0.25) is 15.8 Å². The summed E-state index contributed by atoms with van der Waals surface area (Å²) in [5.74, 6) is -0.323. The summed E-state index contributed by atoms with van der Waals surface area (Å²) in [5, 5.41) is 16.1. The molecule has 1 fully saturated rings. The third kappa shape index (κ3) is 3.80. The van der Waals surface area contributed by atoms with Gasteiger partial charge in [0.25, 0.3) is 0 Å². The van der Waals surface area contributed by atoms with Gasteiger partial charge >= 0.3 is 5.69 Å². The van der Waals surface area contributed by atoms with Crippen LogP contribution in [0.3, 0.4) is 0 Å². The topological polar surface area (TPSA) is 130 Å². The van der Waals surface area contributed by atoms with Gasteiger partial charge in [-0.25, -0.2) is 13.6 Å². The monoisotopic (exact) mass is 328 g/mol. The third-order valence-electron chi connectivity index (χ3n) is 3.51. The van der Waals surface area contributed by atoms with E-state index in [0.717, 1.165) is 25.0 Å². The molecule has 0 radical (unpaired) electrons. The van der Waals surface area contributed by atoms with Gasteiger partial charge in [-0.2, -0.15) is 0 Å². The Kier molecular flexibility index (Phi) is 4.77. The average Bonchev–Trinajstić information content (AvgIpc) is 2.43. The first-order valence-electron chi connectivity index (χ1n) is 6.73. The number of nitro benzene ring substituents is 1. The van der Waals surface area contributed by atoms with Crippen molar-refractivity contribution >= 4 is 21.5 Å². The van der Waals surface area contributed by atoms with Crippen molar-refractivity contribution in [3.05, 3.63) is 28.3 Å². The number of rotatable bonds is 5. The molecule has 2 N–H and O–H groups in total. The second kappa shape index (κ2) is 6.41. The zero-order chi connectivity index (χ0) is 16.3. The number of nitrogens with zero attached hydrogens (tertiary/aromatic N) is 1. The molecule has 1 unspecified atom stereocenters. The zero-order valence-corrected chi connectivity index (χ0v) is 12.5. The van der Waals surface area contributed by atoms with E-state index >= 15 is 0 Å². The lowest BCUT2D eigenvalue weighted by molar-refractivity contribution is -0.386. The van der Waals surface area contributed by atoms with Crippen molar-refractivity contribution in [1.82, 2.24) is 0 Å². The van der Waals surface area contributed by atoms with Crippen LogP contribution in [-0.4, -0.2) is 25.7 Å². The van der Waals surface area contributed by atoms with E-state index in [1.165, 1.54) is 6.07 Å². The Labute approximate surface area is 127 Å². The molecule has 0 aromatic heterocycles. The summed E-state index contributed by atoms with van der Waals surface area (Å²) >= 11 is 0. The number of primary sulfonamides is 1. The number of ether oxygens (including phenoxy) is 1. The predicted molar refractivity (Wildman–Crippen MR) is 76.9 cm³/mol. The van der Waals surface area contributed by atoms with Gasteiger partial charge in [0.1, 0.15) is 10.7 Å². The fourth-order valence-corrected chi connectivity index (χ4v) is 3.16. The standard InChI is InChI=1S/C13H16N2O6S/c14-22(19,20)12-6-2-5-11(15(17)18)13(12)21-8-9-3-1-4-10(16)7-9/h2,5-6,9H,1,3-4,7-8H2,(H2,14,19,20). The van der Waals surface area contributed by atoms with E-state index < -0.39 is 25.5 Å². The van der Waals surface area contributed by atoms with Crippen LogP contribution in [0.1, 0.15) is 25.7 Å². The lowest BCUT2D eigenvalue weighted by Crippen LogP contribution is -2.22. The molecule has 8 nitrogen and oxygen atoms in total. The van der Waals surface area contributed by atoms with Crippen molar-refractivity contribution in [2.75, 3.05) is 6.61 Å². The van der Waals surface area contributed by atoms with Gasteiger partial charge < -0.3 is 4.74 Å². The lowest BCUT2D eigenvalue weighted by atomic mass is 9.89. The van der Waals surface area contributed by atoms with Crippen molar-refractivity contribution in [3.8, 4) is 5.75 Å². The number of carbonyl (C=O) groups is 1. The maximum absolute atomic E-state index is 11.6. The number of hydrogen-bond donors (Lipinski definition) is 1. The van der Waals surface area contributed by atoms with E-state index in [0.29, 0.717) is 12.8 Å². The van der Waals surface area contributed by atoms with Crippen LogP contribution in [0.4, 0.5) is 5.69 Å². The highest BCUT2D eigenvalue weighted by Crippen LogP contribution is 2.34. The third-order valence-corrected chi connectivity index (χ3v) is 4.44. The Hall–Kier alpha value is -2.00. The molecular formula is C13H16N2O6S. The molecule has 1 aliphatic rings. The number of para-hydroxylation sites is 1. The number of hydrogen-bond acceptors (Lipinski definition) is 6. The van der Waals surface area contributed by atoms with E-state index in [4.69, 9.17) is 9.88 Å². The van der Waals surface area contributed by atoms with Gasteiger partial charge in [-0.1, -0.05) is 6.07 Å². The van der Waals surface area contributed by atoms with Crippen LogP contribution in [0.15, 0.2) is 23.1 Å². The Morgan fingerprint density at radius 2 is 2.14 bits per heavy atom. The summed E-state index contributed by atoms with van der Waals surface area (Å²) in [6, 6.07) is 3.54. The zero-order valence-electron chi connectivity index (χ0n) is 11.7. The molecule has 120 valence electrons. The van der Waals surface area contributed by atoms with Gasteiger partial charge in [-0.15, -0.1) is 0 Å². The van der Waals surface area contributed by atoms with Crippen LogP contribution in [0.2, 0.25) is 0 Å². The Morgan fingerprint density at radius 1 is 1.41 bits per heavy atom. The van der Waals surface area contributed by atoms with Crippen molar-refractivity contribution < 1.29 is 22.9 Å². The first-order valence-corrected chi connectivity index (χ1v) is 8.28.